The minimum Gasteiger partial charge on any atom is -0.494 e. The highest BCUT2D eigenvalue weighted by Crippen LogP contribution is 2.30. The molecule has 2 aromatic carbocycles. The number of ether oxygens (including phenoxy) is 1. The smallest absolute Gasteiger partial charge is 0.145 e. The fourth-order valence-electron chi connectivity index (χ4n) is 2.20. The first-order valence-electron chi connectivity index (χ1n) is 6.64. The van der Waals surface area contributed by atoms with Crippen molar-refractivity contribution in [2.75, 3.05) is 7.11 Å². The summed E-state index contributed by atoms with van der Waals surface area (Å²) in [6.07, 6.45) is 3.97. The summed E-state index contributed by atoms with van der Waals surface area (Å²) in [5.41, 5.74) is 2.71. The zero-order valence-corrected chi connectivity index (χ0v) is 12.3. The first-order valence-corrected chi connectivity index (χ1v) is 7.02. The van der Waals surface area contributed by atoms with E-state index in [0.29, 0.717) is 5.02 Å². The summed E-state index contributed by atoms with van der Waals surface area (Å²) < 4.78 is 5.36. The molecule has 0 bridgehead atoms. The highest BCUT2D eigenvalue weighted by Gasteiger charge is 2.07. The van der Waals surface area contributed by atoms with Crippen LogP contribution in [0.1, 0.15) is 11.3 Å². The Bertz CT molecular complexity index is 797. The van der Waals surface area contributed by atoms with Crippen LogP contribution >= 0.6 is 11.6 Å². The minimum atomic E-state index is 0.673. The van der Waals surface area contributed by atoms with E-state index in [-0.39, 0.29) is 0 Å². The maximum Gasteiger partial charge on any atom is 0.145 e. The molecule has 0 amide bonds. The summed E-state index contributed by atoms with van der Waals surface area (Å²) in [4.78, 5) is 4.63. The van der Waals surface area contributed by atoms with E-state index in [1.807, 2.05) is 66.7 Å². The second-order valence-electron chi connectivity index (χ2n) is 4.63. The number of hydrogen-bond donors (Lipinski definition) is 0. The van der Waals surface area contributed by atoms with Crippen molar-refractivity contribution >= 4 is 34.7 Å². The summed E-state index contributed by atoms with van der Waals surface area (Å²) in [7, 11) is 1.64. The van der Waals surface area contributed by atoms with Gasteiger partial charge in [0.1, 0.15) is 11.3 Å². The van der Waals surface area contributed by atoms with Crippen molar-refractivity contribution in [2.45, 2.75) is 0 Å². The van der Waals surface area contributed by atoms with Crippen LogP contribution in [0.15, 0.2) is 54.6 Å². The van der Waals surface area contributed by atoms with Crippen molar-refractivity contribution in [1.82, 2.24) is 4.98 Å². The van der Waals surface area contributed by atoms with Crippen LogP contribution in [0.25, 0.3) is 23.1 Å². The Labute approximate surface area is 128 Å². The molecule has 1 aromatic heterocycles. The van der Waals surface area contributed by atoms with Crippen LogP contribution in [-0.4, -0.2) is 12.1 Å². The molecule has 104 valence electrons. The van der Waals surface area contributed by atoms with Crippen molar-refractivity contribution in [3.05, 3.63) is 70.9 Å². The van der Waals surface area contributed by atoms with Gasteiger partial charge in [0, 0.05) is 5.39 Å². The Kier molecular flexibility index (Phi) is 3.89. The van der Waals surface area contributed by atoms with Gasteiger partial charge in [-0.3, -0.25) is 0 Å². The van der Waals surface area contributed by atoms with Gasteiger partial charge in [0.05, 0.1) is 17.8 Å². The first-order chi connectivity index (χ1) is 10.3. The van der Waals surface area contributed by atoms with Gasteiger partial charge in [0.25, 0.3) is 0 Å². The molecule has 0 spiro atoms. The Balaban J connectivity index is 2.06. The maximum atomic E-state index is 6.34. The van der Waals surface area contributed by atoms with Gasteiger partial charge in [-0.2, -0.15) is 0 Å². The lowest BCUT2D eigenvalue weighted by molar-refractivity contribution is 0.419. The van der Waals surface area contributed by atoms with Gasteiger partial charge < -0.3 is 4.74 Å². The third-order valence-electron chi connectivity index (χ3n) is 3.24. The average Bonchev–Trinajstić information content (AvgIpc) is 2.53. The molecule has 0 N–H and O–H groups in total. The molecule has 0 saturated carbocycles. The van der Waals surface area contributed by atoms with Crippen LogP contribution in [0.4, 0.5) is 0 Å². The molecule has 0 atom stereocenters. The number of pyridine rings is 1. The number of nitrogens with zero attached hydrogens (tertiary/aromatic N) is 1. The van der Waals surface area contributed by atoms with E-state index < -0.39 is 0 Å². The molecule has 21 heavy (non-hydrogen) atoms. The minimum absolute atomic E-state index is 0.673. The third kappa shape index (κ3) is 2.91. The lowest BCUT2D eigenvalue weighted by atomic mass is 10.1. The number of benzene rings is 2. The molecule has 0 saturated heterocycles. The summed E-state index contributed by atoms with van der Waals surface area (Å²) >= 11 is 6.34. The molecule has 0 aliphatic carbocycles. The molecule has 1 heterocycles. The van der Waals surface area contributed by atoms with E-state index in [4.69, 9.17) is 16.3 Å². The quantitative estimate of drug-likeness (QED) is 0.673. The van der Waals surface area contributed by atoms with Crippen molar-refractivity contribution in [1.29, 1.82) is 0 Å². The van der Waals surface area contributed by atoms with Crippen molar-refractivity contribution in [3.8, 4) is 5.75 Å². The molecule has 0 aliphatic rings. The summed E-state index contributed by atoms with van der Waals surface area (Å²) in [6.45, 7) is 0. The molecule has 0 radical (unpaired) electrons. The Morgan fingerprint density at radius 2 is 1.81 bits per heavy atom. The van der Waals surface area contributed by atoms with Gasteiger partial charge in [-0.25, -0.2) is 4.98 Å². The Morgan fingerprint density at radius 3 is 2.57 bits per heavy atom. The summed E-state index contributed by atoms with van der Waals surface area (Å²) in [5, 5.41) is 1.57. The number of aromatic nitrogens is 1. The molecular weight excluding hydrogens is 282 g/mol. The Hall–Kier alpha value is -2.32. The van der Waals surface area contributed by atoms with Crippen LogP contribution in [-0.2, 0) is 0 Å². The van der Waals surface area contributed by atoms with Gasteiger partial charge in [-0.15, -0.1) is 0 Å². The fraction of sp³-hybridized carbons (Fsp3) is 0.0556. The molecule has 3 aromatic rings. The maximum absolute atomic E-state index is 6.34. The second kappa shape index (κ2) is 5.98. The standard InChI is InChI=1S/C18H14ClNO/c1-21-17-9-5-8-15-16(19)12-14(20-18(15)17)11-10-13-6-3-2-4-7-13/h2-12H,1H3/b11-10+. The second-order valence-corrected chi connectivity index (χ2v) is 5.04. The van der Waals surface area contributed by atoms with Crippen molar-refractivity contribution < 1.29 is 4.74 Å². The lowest BCUT2D eigenvalue weighted by Crippen LogP contribution is -1.90. The topological polar surface area (TPSA) is 22.1 Å². The summed E-state index contributed by atoms with van der Waals surface area (Å²) in [6, 6.07) is 17.7. The van der Waals surface area contributed by atoms with E-state index in [9.17, 15) is 0 Å². The number of methoxy groups -OCH3 is 1. The number of rotatable bonds is 3. The zero-order valence-electron chi connectivity index (χ0n) is 11.6. The SMILES string of the molecule is COc1cccc2c(Cl)cc(/C=C/c3ccccc3)nc12. The van der Waals surface area contributed by atoms with Crippen LogP contribution in [0.3, 0.4) is 0 Å². The van der Waals surface area contributed by atoms with Crippen LogP contribution in [0, 0.1) is 0 Å². The van der Waals surface area contributed by atoms with Crippen LogP contribution in [0.5, 0.6) is 5.75 Å². The third-order valence-corrected chi connectivity index (χ3v) is 3.55. The van der Waals surface area contributed by atoms with Crippen LogP contribution in [0.2, 0.25) is 5.02 Å². The number of halogens is 1. The fourth-order valence-corrected chi connectivity index (χ4v) is 2.46. The number of fused-ring (bicyclic) bond motifs is 1. The Morgan fingerprint density at radius 1 is 1.00 bits per heavy atom. The monoisotopic (exact) mass is 295 g/mol. The molecular formula is C18H14ClNO. The highest BCUT2D eigenvalue weighted by molar-refractivity contribution is 6.35. The van der Waals surface area contributed by atoms with Crippen LogP contribution < -0.4 is 4.74 Å². The predicted molar refractivity (Wildman–Crippen MR) is 88.7 cm³/mol. The van der Waals surface area contributed by atoms with Gasteiger partial charge >= 0.3 is 0 Å². The van der Waals surface area contributed by atoms with Gasteiger partial charge in [-0.1, -0.05) is 60.1 Å². The van der Waals surface area contributed by atoms with Gasteiger partial charge in [-0.05, 0) is 23.8 Å². The van der Waals surface area contributed by atoms with Crippen molar-refractivity contribution in [3.63, 3.8) is 0 Å². The first kappa shape index (κ1) is 13.7. The summed E-state index contributed by atoms with van der Waals surface area (Å²) in [5.74, 6) is 0.726. The average molecular weight is 296 g/mol. The van der Waals surface area contributed by atoms with Gasteiger partial charge in [0.2, 0.25) is 0 Å². The largest absolute Gasteiger partial charge is 0.494 e. The molecule has 3 heteroatoms. The normalized spacial score (nSPS) is 11.1. The molecule has 0 aliphatic heterocycles. The number of para-hydroxylation sites is 1. The van der Waals surface area contributed by atoms with E-state index >= 15 is 0 Å². The number of hydrogen-bond acceptors (Lipinski definition) is 2. The van der Waals surface area contributed by atoms with E-state index in [1.54, 1.807) is 7.11 Å². The van der Waals surface area contributed by atoms with E-state index in [0.717, 1.165) is 27.9 Å². The molecule has 3 rings (SSSR count). The molecule has 0 unspecified atom stereocenters. The highest BCUT2D eigenvalue weighted by atomic mass is 35.5. The van der Waals surface area contributed by atoms with E-state index in [1.165, 1.54) is 0 Å². The van der Waals surface area contributed by atoms with E-state index in [2.05, 4.69) is 4.98 Å². The molecule has 0 fully saturated rings. The zero-order chi connectivity index (χ0) is 14.7. The lowest BCUT2D eigenvalue weighted by Gasteiger charge is -2.07. The molecule has 2 nitrogen and oxygen atoms in total. The van der Waals surface area contributed by atoms with Crippen molar-refractivity contribution in [2.24, 2.45) is 0 Å². The predicted octanol–water partition coefficient (Wildman–Crippen LogP) is 5.07. The van der Waals surface area contributed by atoms with Gasteiger partial charge in [0.15, 0.2) is 0 Å².